The molecule has 158 valence electrons. The van der Waals surface area contributed by atoms with Crippen LogP contribution in [0.15, 0.2) is 42.5 Å². The summed E-state index contributed by atoms with van der Waals surface area (Å²) >= 11 is 0. The van der Waals surface area contributed by atoms with E-state index in [0.717, 1.165) is 55.8 Å². The maximum atomic E-state index is 12.5. The van der Waals surface area contributed by atoms with Gasteiger partial charge in [-0.15, -0.1) is 0 Å². The SMILES string of the molecule is COc1ccc(OC)c(C2CCCN2CCCCN2C(=O)c3ccccc3C2=O)c1. The summed E-state index contributed by atoms with van der Waals surface area (Å²) < 4.78 is 11.0. The van der Waals surface area contributed by atoms with Crippen LogP contribution in [0, 0.1) is 0 Å². The van der Waals surface area contributed by atoms with Crippen molar-refractivity contribution in [2.24, 2.45) is 0 Å². The molecule has 0 saturated carbocycles. The van der Waals surface area contributed by atoms with Crippen LogP contribution in [0.2, 0.25) is 0 Å². The fraction of sp³-hybridized carbons (Fsp3) is 0.417. The number of ether oxygens (including phenoxy) is 2. The van der Waals surface area contributed by atoms with E-state index in [0.29, 0.717) is 23.7 Å². The van der Waals surface area contributed by atoms with Crippen molar-refractivity contribution in [3.63, 3.8) is 0 Å². The van der Waals surface area contributed by atoms with Gasteiger partial charge in [0.15, 0.2) is 0 Å². The maximum Gasteiger partial charge on any atom is 0.261 e. The summed E-state index contributed by atoms with van der Waals surface area (Å²) in [6.07, 6.45) is 3.95. The van der Waals surface area contributed by atoms with Crippen LogP contribution in [0.3, 0.4) is 0 Å². The number of likely N-dealkylation sites (tertiary alicyclic amines) is 1. The first kappa shape index (κ1) is 20.4. The number of unbranched alkanes of at least 4 members (excludes halogenated alkanes) is 1. The molecule has 0 aliphatic carbocycles. The van der Waals surface area contributed by atoms with E-state index in [1.54, 1.807) is 38.5 Å². The molecule has 0 aromatic heterocycles. The summed E-state index contributed by atoms with van der Waals surface area (Å²) in [5, 5.41) is 0. The zero-order valence-corrected chi connectivity index (χ0v) is 17.6. The Morgan fingerprint density at radius 3 is 2.30 bits per heavy atom. The molecule has 6 nitrogen and oxygen atoms in total. The Morgan fingerprint density at radius 2 is 1.63 bits per heavy atom. The lowest BCUT2D eigenvalue weighted by atomic mass is 10.0. The predicted molar refractivity (Wildman–Crippen MR) is 114 cm³/mol. The second-order valence-corrected chi connectivity index (χ2v) is 7.82. The quantitative estimate of drug-likeness (QED) is 0.490. The number of amides is 2. The summed E-state index contributed by atoms with van der Waals surface area (Å²) in [4.78, 5) is 28.8. The lowest BCUT2D eigenvalue weighted by molar-refractivity contribution is 0.0650. The van der Waals surface area contributed by atoms with E-state index in [1.807, 2.05) is 12.1 Å². The van der Waals surface area contributed by atoms with Crippen LogP contribution in [0.1, 0.15) is 58.0 Å². The van der Waals surface area contributed by atoms with Crippen LogP contribution in [0.4, 0.5) is 0 Å². The molecule has 2 heterocycles. The first-order chi connectivity index (χ1) is 14.6. The Bertz CT molecular complexity index is 908. The van der Waals surface area contributed by atoms with E-state index in [-0.39, 0.29) is 11.8 Å². The smallest absolute Gasteiger partial charge is 0.261 e. The van der Waals surface area contributed by atoms with Crippen molar-refractivity contribution in [3.8, 4) is 11.5 Å². The monoisotopic (exact) mass is 408 g/mol. The highest BCUT2D eigenvalue weighted by molar-refractivity contribution is 6.21. The number of fused-ring (bicyclic) bond motifs is 1. The fourth-order valence-corrected chi connectivity index (χ4v) is 4.57. The van der Waals surface area contributed by atoms with Gasteiger partial charge < -0.3 is 9.47 Å². The number of nitrogens with zero attached hydrogens (tertiary/aromatic N) is 2. The van der Waals surface area contributed by atoms with Gasteiger partial charge in [-0.2, -0.15) is 0 Å². The molecule has 1 fully saturated rings. The summed E-state index contributed by atoms with van der Waals surface area (Å²) in [5.41, 5.74) is 2.20. The number of methoxy groups -OCH3 is 2. The second-order valence-electron chi connectivity index (χ2n) is 7.82. The average Bonchev–Trinajstić information content (AvgIpc) is 3.34. The van der Waals surface area contributed by atoms with Gasteiger partial charge >= 0.3 is 0 Å². The Morgan fingerprint density at radius 1 is 0.933 bits per heavy atom. The molecule has 30 heavy (non-hydrogen) atoms. The average molecular weight is 408 g/mol. The molecule has 1 unspecified atom stereocenters. The van der Waals surface area contributed by atoms with Gasteiger partial charge in [-0.25, -0.2) is 0 Å². The standard InChI is InChI=1S/C24H28N2O4/c1-29-17-11-12-22(30-2)20(16-17)21-10-7-14-25(21)13-5-6-15-26-23(27)18-8-3-4-9-19(18)24(26)28/h3-4,8-9,11-12,16,21H,5-7,10,13-15H2,1-2H3. The Balaban J connectivity index is 1.35. The van der Waals surface area contributed by atoms with E-state index in [9.17, 15) is 9.59 Å². The molecule has 2 aromatic carbocycles. The van der Waals surface area contributed by atoms with Gasteiger partial charge in [0, 0.05) is 18.2 Å². The first-order valence-corrected chi connectivity index (χ1v) is 10.5. The van der Waals surface area contributed by atoms with Gasteiger partial charge in [-0.1, -0.05) is 12.1 Å². The number of imide groups is 1. The topological polar surface area (TPSA) is 59.1 Å². The number of carbonyl (C=O) groups excluding carboxylic acids is 2. The van der Waals surface area contributed by atoms with Crippen molar-refractivity contribution in [2.75, 3.05) is 33.9 Å². The van der Waals surface area contributed by atoms with Gasteiger partial charge in [0.25, 0.3) is 11.8 Å². The third kappa shape index (κ3) is 3.79. The van der Waals surface area contributed by atoms with Crippen LogP contribution in [-0.2, 0) is 0 Å². The Hall–Kier alpha value is -2.86. The number of hydrogen-bond acceptors (Lipinski definition) is 5. The summed E-state index contributed by atoms with van der Waals surface area (Å²) in [6, 6.07) is 13.3. The molecule has 0 N–H and O–H groups in total. The van der Waals surface area contributed by atoms with E-state index < -0.39 is 0 Å². The summed E-state index contributed by atoms with van der Waals surface area (Å²) in [6.45, 7) is 2.43. The molecule has 1 saturated heterocycles. The molecule has 1 atom stereocenters. The van der Waals surface area contributed by atoms with Crippen LogP contribution in [0.5, 0.6) is 11.5 Å². The molecular formula is C24H28N2O4. The largest absolute Gasteiger partial charge is 0.497 e. The number of benzene rings is 2. The molecule has 0 spiro atoms. The first-order valence-electron chi connectivity index (χ1n) is 10.5. The number of carbonyl (C=O) groups is 2. The zero-order chi connectivity index (χ0) is 21.1. The van der Waals surface area contributed by atoms with E-state index in [1.165, 1.54) is 4.90 Å². The third-order valence-corrected chi connectivity index (χ3v) is 6.11. The minimum atomic E-state index is -0.171. The number of hydrogen-bond donors (Lipinski definition) is 0. The van der Waals surface area contributed by atoms with Gasteiger partial charge in [0.2, 0.25) is 0 Å². The molecule has 6 heteroatoms. The van der Waals surface area contributed by atoms with Crippen molar-refractivity contribution >= 4 is 11.8 Å². The molecule has 2 aromatic rings. The summed E-state index contributed by atoms with van der Waals surface area (Å²) in [7, 11) is 3.38. The van der Waals surface area contributed by atoms with Gasteiger partial charge in [-0.3, -0.25) is 19.4 Å². The Kier molecular flexibility index (Phi) is 6.04. The van der Waals surface area contributed by atoms with E-state index >= 15 is 0 Å². The second kappa shape index (κ2) is 8.88. The van der Waals surface area contributed by atoms with Crippen LogP contribution in [-0.4, -0.2) is 55.5 Å². The Labute approximate surface area is 177 Å². The highest BCUT2D eigenvalue weighted by Gasteiger charge is 2.34. The molecule has 0 radical (unpaired) electrons. The van der Waals surface area contributed by atoms with Crippen LogP contribution < -0.4 is 9.47 Å². The van der Waals surface area contributed by atoms with E-state index in [4.69, 9.17) is 9.47 Å². The molecule has 2 aliphatic heterocycles. The minimum Gasteiger partial charge on any atom is -0.497 e. The highest BCUT2D eigenvalue weighted by atomic mass is 16.5. The van der Waals surface area contributed by atoms with Crippen LogP contribution in [0.25, 0.3) is 0 Å². The third-order valence-electron chi connectivity index (χ3n) is 6.11. The lowest BCUT2D eigenvalue weighted by Crippen LogP contribution is -2.31. The molecule has 0 bridgehead atoms. The fourth-order valence-electron chi connectivity index (χ4n) is 4.57. The van der Waals surface area contributed by atoms with Crippen molar-refractivity contribution < 1.29 is 19.1 Å². The van der Waals surface area contributed by atoms with Gasteiger partial charge in [0.05, 0.1) is 25.3 Å². The molecule has 4 rings (SSSR count). The normalized spacial score (nSPS) is 18.7. The lowest BCUT2D eigenvalue weighted by Gasteiger charge is -2.26. The highest BCUT2D eigenvalue weighted by Crippen LogP contribution is 2.39. The maximum absolute atomic E-state index is 12.5. The zero-order valence-electron chi connectivity index (χ0n) is 17.6. The minimum absolute atomic E-state index is 0.171. The van der Waals surface area contributed by atoms with Gasteiger partial charge in [0.1, 0.15) is 11.5 Å². The van der Waals surface area contributed by atoms with Crippen molar-refractivity contribution in [1.82, 2.24) is 9.80 Å². The van der Waals surface area contributed by atoms with E-state index in [2.05, 4.69) is 11.0 Å². The predicted octanol–water partition coefficient (Wildman–Crippen LogP) is 3.92. The van der Waals surface area contributed by atoms with Crippen molar-refractivity contribution in [3.05, 3.63) is 59.2 Å². The molecule has 2 amide bonds. The van der Waals surface area contributed by atoms with Crippen LogP contribution >= 0.6 is 0 Å². The van der Waals surface area contributed by atoms with Crippen molar-refractivity contribution in [2.45, 2.75) is 31.7 Å². The molecular weight excluding hydrogens is 380 g/mol. The van der Waals surface area contributed by atoms with Crippen molar-refractivity contribution in [1.29, 1.82) is 0 Å². The summed E-state index contributed by atoms with van der Waals surface area (Å²) in [5.74, 6) is 1.38. The molecule has 2 aliphatic rings. The number of rotatable bonds is 8. The van der Waals surface area contributed by atoms with Gasteiger partial charge in [-0.05, 0) is 69.1 Å².